The van der Waals surface area contributed by atoms with E-state index in [1.165, 1.54) is 25.7 Å². The third kappa shape index (κ3) is 3.08. The number of anilines is 1. The topological polar surface area (TPSA) is 64.9 Å². The van der Waals surface area contributed by atoms with Gasteiger partial charge >= 0.3 is 0 Å². The molecule has 1 saturated heterocycles. The molecule has 1 aliphatic heterocycles. The predicted molar refractivity (Wildman–Crippen MR) is 87.7 cm³/mol. The minimum atomic E-state index is 0.121. The average molecular weight is 313 g/mol. The van der Waals surface area contributed by atoms with Gasteiger partial charge in [0.25, 0.3) is 0 Å². The summed E-state index contributed by atoms with van der Waals surface area (Å²) in [5.74, 6) is 1.57. The quantitative estimate of drug-likeness (QED) is 0.944. The fraction of sp³-hybridized carbons (Fsp3) is 0.588. The highest BCUT2D eigenvalue weighted by Crippen LogP contribution is 2.40. The van der Waals surface area contributed by atoms with E-state index in [2.05, 4.69) is 20.6 Å². The molecule has 6 nitrogen and oxygen atoms in total. The zero-order valence-corrected chi connectivity index (χ0v) is 13.5. The molecule has 2 aromatic rings. The molecule has 2 aliphatic rings. The Labute approximate surface area is 136 Å². The molecule has 3 heterocycles. The Morgan fingerprint density at radius 3 is 2.78 bits per heavy atom. The van der Waals surface area contributed by atoms with Crippen LogP contribution in [-0.2, 0) is 4.74 Å². The van der Waals surface area contributed by atoms with Crippen LogP contribution in [0, 0.1) is 6.92 Å². The molecule has 122 valence electrons. The highest BCUT2D eigenvalue weighted by Gasteiger charge is 2.39. The molecule has 0 amide bonds. The molecule has 2 aromatic heterocycles. The monoisotopic (exact) mass is 313 g/mol. The summed E-state index contributed by atoms with van der Waals surface area (Å²) in [6, 6.07) is 6.31. The fourth-order valence-electron chi connectivity index (χ4n) is 3.79. The SMILES string of the molecule is Cc1ccn(-c2ccc(N[C@@H]3CCOC4(CCCC4)C3)nn2)n1. The number of hydrogen-bond donors (Lipinski definition) is 1. The lowest BCUT2D eigenvalue weighted by molar-refractivity contribution is -0.0767. The summed E-state index contributed by atoms with van der Waals surface area (Å²) in [4.78, 5) is 0. The van der Waals surface area contributed by atoms with Gasteiger partial charge in [-0.15, -0.1) is 10.2 Å². The van der Waals surface area contributed by atoms with Crippen molar-refractivity contribution in [3.63, 3.8) is 0 Å². The van der Waals surface area contributed by atoms with E-state index in [4.69, 9.17) is 4.74 Å². The molecule has 1 atom stereocenters. The lowest BCUT2D eigenvalue weighted by Gasteiger charge is -2.38. The fourth-order valence-corrected chi connectivity index (χ4v) is 3.79. The summed E-state index contributed by atoms with van der Waals surface area (Å²) in [5, 5.41) is 16.5. The molecule has 1 saturated carbocycles. The lowest BCUT2D eigenvalue weighted by atomic mass is 9.89. The van der Waals surface area contributed by atoms with E-state index >= 15 is 0 Å². The minimum absolute atomic E-state index is 0.121. The first kappa shape index (κ1) is 14.6. The van der Waals surface area contributed by atoms with Crippen molar-refractivity contribution in [3.05, 3.63) is 30.1 Å². The van der Waals surface area contributed by atoms with Gasteiger partial charge in [0.2, 0.25) is 0 Å². The van der Waals surface area contributed by atoms with Gasteiger partial charge in [-0.1, -0.05) is 12.8 Å². The zero-order chi connectivity index (χ0) is 15.7. The maximum absolute atomic E-state index is 6.09. The van der Waals surface area contributed by atoms with E-state index in [1.807, 2.05) is 31.3 Å². The first-order chi connectivity index (χ1) is 11.2. The number of nitrogens with one attached hydrogen (secondary N) is 1. The van der Waals surface area contributed by atoms with Crippen LogP contribution in [0.4, 0.5) is 5.82 Å². The summed E-state index contributed by atoms with van der Waals surface area (Å²) in [6.07, 6.45) is 9.00. The van der Waals surface area contributed by atoms with Crippen molar-refractivity contribution in [2.24, 2.45) is 0 Å². The third-order valence-corrected chi connectivity index (χ3v) is 4.97. The molecule has 0 radical (unpaired) electrons. The predicted octanol–water partition coefficient (Wildman–Crippen LogP) is 2.87. The van der Waals surface area contributed by atoms with Crippen molar-refractivity contribution in [3.8, 4) is 5.82 Å². The van der Waals surface area contributed by atoms with Crippen LogP contribution in [0.15, 0.2) is 24.4 Å². The van der Waals surface area contributed by atoms with Gasteiger partial charge in [0.1, 0.15) is 5.82 Å². The van der Waals surface area contributed by atoms with Crippen molar-refractivity contribution < 1.29 is 4.74 Å². The van der Waals surface area contributed by atoms with Crippen molar-refractivity contribution in [2.45, 2.75) is 57.1 Å². The molecule has 6 heteroatoms. The number of aryl methyl sites for hydroxylation is 1. The van der Waals surface area contributed by atoms with Gasteiger partial charge < -0.3 is 10.1 Å². The minimum Gasteiger partial charge on any atom is -0.375 e. The van der Waals surface area contributed by atoms with Crippen molar-refractivity contribution in [1.29, 1.82) is 0 Å². The number of hydrogen-bond acceptors (Lipinski definition) is 5. The Kier molecular flexibility index (Phi) is 3.77. The van der Waals surface area contributed by atoms with E-state index in [-0.39, 0.29) is 5.60 Å². The van der Waals surface area contributed by atoms with Gasteiger partial charge in [-0.2, -0.15) is 5.10 Å². The molecule has 23 heavy (non-hydrogen) atoms. The van der Waals surface area contributed by atoms with Gasteiger partial charge in [0.15, 0.2) is 5.82 Å². The third-order valence-electron chi connectivity index (χ3n) is 4.97. The first-order valence-corrected chi connectivity index (χ1v) is 8.49. The second kappa shape index (κ2) is 5.92. The maximum atomic E-state index is 6.09. The highest BCUT2D eigenvalue weighted by atomic mass is 16.5. The van der Waals surface area contributed by atoms with Crippen LogP contribution in [0.25, 0.3) is 5.82 Å². The van der Waals surface area contributed by atoms with E-state index in [9.17, 15) is 0 Å². The Balaban J connectivity index is 1.42. The molecule has 4 rings (SSSR count). The summed E-state index contributed by atoms with van der Waals surface area (Å²) in [5.41, 5.74) is 1.09. The molecule has 2 fully saturated rings. The first-order valence-electron chi connectivity index (χ1n) is 8.49. The van der Waals surface area contributed by atoms with Crippen LogP contribution in [0.1, 0.15) is 44.2 Å². The van der Waals surface area contributed by atoms with Crippen molar-refractivity contribution >= 4 is 5.82 Å². The van der Waals surface area contributed by atoms with Crippen LogP contribution in [0.2, 0.25) is 0 Å². The second-order valence-corrected chi connectivity index (χ2v) is 6.75. The standard InChI is InChI=1S/C17H23N5O/c1-13-6-10-22(21-13)16-5-4-15(19-20-16)18-14-7-11-23-17(12-14)8-2-3-9-17/h4-6,10,14H,2-3,7-9,11-12H2,1H3,(H,18,19)/t14-/m1/s1. The largest absolute Gasteiger partial charge is 0.375 e. The average Bonchev–Trinajstić information content (AvgIpc) is 3.18. The lowest BCUT2D eigenvalue weighted by Crippen LogP contribution is -2.42. The molecular formula is C17H23N5O. The van der Waals surface area contributed by atoms with Gasteiger partial charge in [0.05, 0.1) is 11.3 Å². The van der Waals surface area contributed by atoms with Crippen molar-refractivity contribution in [2.75, 3.05) is 11.9 Å². The smallest absolute Gasteiger partial charge is 0.175 e. The van der Waals surface area contributed by atoms with Gasteiger partial charge in [-0.3, -0.25) is 0 Å². The maximum Gasteiger partial charge on any atom is 0.175 e. The molecule has 1 aliphatic carbocycles. The Morgan fingerprint density at radius 2 is 2.09 bits per heavy atom. The molecule has 0 bridgehead atoms. The Bertz CT molecular complexity index is 660. The molecule has 1 N–H and O–H groups in total. The summed E-state index contributed by atoms with van der Waals surface area (Å²) in [6.45, 7) is 2.81. The van der Waals surface area contributed by atoms with Gasteiger partial charge in [-0.25, -0.2) is 4.68 Å². The van der Waals surface area contributed by atoms with Crippen LogP contribution < -0.4 is 5.32 Å². The number of aromatic nitrogens is 4. The highest BCUT2D eigenvalue weighted by molar-refractivity contribution is 5.37. The van der Waals surface area contributed by atoms with Gasteiger partial charge in [-0.05, 0) is 50.8 Å². The molecule has 1 spiro atoms. The second-order valence-electron chi connectivity index (χ2n) is 6.75. The van der Waals surface area contributed by atoms with Crippen molar-refractivity contribution in [1.82, 2.24) is 20.0 Å². The summed E-state index contributed by atoms with van der Waals surface area (Å²) in [7, 11) is 0. The zero-order valence-electron chi connectivity index (χ0n) is 13.5. The Morgan fingerprint density at radius 1 is 1.22 bits per heavy atom. The Hall–Kier alpha value is -1.95. The summed E-state index contributed by atoms with van der Waals surface area (Å²) >= 11 is 0. The molecular weight excluding hydrogens is 290 g/mol. The van der Waals surface area contributed by atoms with Crippen LogP contribution >= 0.6 is 0 Å². The van der Waals surface area contributed by atoms with Crippen LogP contribution in [-0.4, -0.2) is 38.2 Å². The van der Waals surface area contributed by atoms with E-state index in [0.717, 1.165) is 36.8 Å². The van der Waals surface area contributed by atoms with Crippen LogP contribution in [0.3, 0.4) is 0 Å². The van der Waals surface area contributed by atoms with E-state index in [0.29, 0.717) is 6.04 Å². The number of nitrogens with zero attached hydrogens (tertiary/aromatic N) is 4. The summed E-state index contributed by atoms with van der Waals surface area (Å²) < 4.78 is 7.83. The molecule has 0 aromatic carbocycles. The van der Waals surface area contributed by atoms with Crippen LogP contribution in [0.5, 0.6) is 0 Å². The van der Waals surface area contributed by atoms with E-state index in [1.54, 1.807) is 4.68 Å². The molecule has 0 unspecified atom stereocenters. The normalized spacial score (nSPS) is 23.3. The number of ether oxygens (including phenoxy) is 1. The van der Waals surface area contributed by atoms with Gasteiger partial charge in [0, 0.05) is 18.8 Å². The number of rotatable bonds is 3. The van der Waals surface area contributed by atoms with E-state index < -0.39 is 0 Å².